The van der Waals surface area contributed by atoms with Gasteiger partial charge in [0.25, 0.3) is 10.0 Å². The fourth-order valence-corrected chi connectivity index (χ4v) is 4.74. The summed E-state index contributed by atoms with van der Waals surface area (Å²) in [5, 5.41) is 10.2. The van der Waals surface area contributed by atoms with E-state index in [2.05, 4.69) is 9.71 Å². The van der Waals surface area contributed by atoms with E-state index in [0.29, 0.717) is 11.3 Å². The lowest BCUT2D eigenvalue weighted by Gasteiger charge is -2.15. The predicted octanol–water partition coefficient (Wildman–Crippen LogP) is 5.49. The summed E-state index contributed by atoms with van der Waals surface area (Å²) in [5.41, 5.74) is 3.30. The zero-order chi connectivity index (χ0) is 22.9. The maximum absolute atomic E-state index is 13.2. The van der Waals surface area contributed by atoms with Gasteiger partial charge in [0, 0.05) is 5.56 Å². The molecule has 0 amide bonds. The maximum Gasteiger partial charge on any atom is 0.265 e. The van der Waals surface area contributed by atoms with Crippen molar-refractivity contribution in [2.75, 3.05) is 11.8 Å². The van der Waals surface area contributed by atoms with Crippen molar-refractivity contribution in [2.45, 2.75) is 11.8 Å². The molecule has 7 nitrogen and oxygen atoms in total. The molecule has 0 saturated heterocycles. The highest BCUT2D eigenvalue weighted by molar-refractivity contribution is 7.92. The molecule has 0 fully saturated rings. The standard InChI is InChI=1S/C23H19ClN2O5S/c1-14-4-3-5-15(10-14)16-6-7-20(30-2)19(12-16)26-32(28,29)21-13-17(11-18(24)22(21)27)23-25-8-9-31-23/h3-13,26-27H,1-2H3. The number of anilines is 1. The zero-order valence-corrected chi connectivity index (χ0v) is 18.7. The van der Waals surface area contributed by atoms with E-state index in [0.717, 1.165) is 16.7 Å². The Labute approximate surface area is 190 Å². The number of nitrogens with zero attached hydrogens (tertiary/aromatic N) is 1. The van der Waals surface area contributed by atoms with Crippen LogP contribution in [0, 0.1) is 6.92 Å². The van der Waals surface area contributed by atoms with Crippen LogP contribution in [0.25, 0.3) is 22.6 Å². The summed E-state index contributed by atoms with van der Waals surface area (Å²) in [6.07, 6.45) is 2.77. The average Bonchev–Trinajstić information content (AvgIpc) is 3.30. The van der Waals surface area contributed by atoms with Gasteiger partial charge in [-0.05, 0) is 42.3 Å². The Hall–Kier alpha value is -3.49. The number of aromatic nitrogens is 1. The number of phenols is 1. The summed E-state index contributed by atoms with van der Waals surface area (Å²) in [4.78, 5) is 3.59. The van der Waals surface area contributed by atoms with Crippen LogP contribution in [0.1, 0.15) is 5.56 Å². The van der Waals surface area contributed by atoms with Crippen LogP contribution in [0.2, 0.25) is 5.02 Å². The van der Waals surface area contributed by atoms with Gasteiger partial charge < -0.3 is 14.3 Å². The third kappa shape index (κ3) is 4.28. The number of sulfonamides is 1. The van der Waals surface area contributed by atoms with E-state index in [-0.39, 0.29) is 16.6 Å². The molecule has 0 radical (unpaired) electrons. The van der Waals surface area contributed by atoms with E-state index >= 15 is 0 Å². The molecule has 4 aromatic rings. The Kier molecular flexibility index (Phi) is 5.82. The molecule has 9 heteroatoms. The summed E-state index contributed by atoms with van der Waals surface area (Å²) in [5.74, 6) is -0.0925. The lowest BCUT2D eigenvalue weighted by atomic mass is 10.0. The summed E-state index contributed by atoms with van der Waals surface area (Å²) in [6, 6.07) is 15.6. The minimum absolute atomic E-state index is 0.151. The fourth-order valence-electron chi connectivity index (χ4n) is 3.26. The van der Waals surface area contributed by atoms with Crippen molar-refractivity contribution < 1.29 is 22.7 Å². The maximum atomic E-state index is 13.2. The SMILES string of the molecule is COc1ccc(-c2cccc(C)c2)cc1NS(=O)(=O)c1cc(-c2ncco2)cc(Cl)c1O. The van der Waals surface area contributed by atoms with Gasteiger partial charge >= 0.3 is 0 Å². The number of hydrogen-bond acceptors (Lipinski definition) is 6. The molecule has 0 bridgehead atoms. The minimum Gasteiger partial charge on any atom is -0.505 e. The molecule has 32 heavy (non-hydrogen) atoms. The summed E-state index contributed by atoms with van der Waals surface area (Å²) in [6.45, 7) is 1.98. The first-order valence-electron chi connectivity index (χ1n) is 9.49. The molecule has 4 rings (SSSR count). The van der Waals surface area contributed by atoms with Crippen molar-refractivity contribution in [2.24, 2.45) is 0 Å². The Morgan fingerprint density at radius 2 is 1.84 bits per heavy atom. The van der Waals surface area contributed by atoms with Crippen molar-refractivity contribution >= 4 is 27.3 Å². The molecule has 1 heterocycles. The van der Waals surface area contributed by atoms with Gasteiger partial charge in [-0.1, -0.05) is 47.5 Å². The third-order valence-electron chi connectivity index (χ3n) is 4.79. The highest BCUT2D eigenvalue weighted by atomic mass is 35.5. The second kappa shape index (κ2) is 8.57. The quantitative estimate of drug-likeness (QED) is 0.386. The average molecular weight is 471 g/mol. The smallest absolute Gasteiger partial charge is 0.265 e. The molecule has 2 N–H and O–H groups in total. The second-order valence-electron chi connectivity index (χ2n) is 7.03. The second-order valence-corrected chi connectivity index (χ2v) is 9.09. The van der Waals surface area contributed by atoms with Crippen LogP contribution in [0.15, 0.2) is 76.4 Å². The number of benzene rings is 3. The van der Waals surface area contributed by atoms with Crippen LogP contribution in [0.3, 0.4) is 0 Å². The van der Waals surface area contributed by atoms with E-state index in [1.807, 2.05) is 37.3 Å². The van der Waals surface area contributed by atoms with Gasteiger partial charge in [-0.15, -0.1) is 0 Å². The van der Waals surface area contributed by atoms with Crippen LogP contribution in [-0.4, -0.2) is 25.6 Å². The fraction of sp³-hybridized carbons (Fsp3) is 0.0870. The molecule has 0 unspecified atom stereocenters. The minimum atomic E-state index is -4.25. The van der Waals surface area contributed by atoms with Gasteiger partial charge in [0.15, 0.2) is 5.75 Å². The lowest BCUT2D eigenvalue weighted by Crippen LogP contribution is -2.14. The molecule has 0 saturated carbocycles. The summed E-state index contributed by atoms with van der Waals surface area (Å²) < 4.78 is 39.5. The van der Waals surface area contributed by atoms with Gasteiger partial charge in [0.2, 0.25) is 5.89 Å². The Bertz CT molecular complexity index is 1390. The number of ether oxygens (including phenoxy) is 1. The predicted molar refractivity (Wildman–Crippen MR) is 123 cm³/mol. The Balaban J connectivity index is 1.78. The largest absolute Gasteiger partial charge is 0.505 e. The number of methoxy groups -OCH3 is 1. The zero-order valence-electron chi connectivity index (χ0n) is 17.2. The van der Waals surface area contributed by atoms with Crippen molar-refractivity contribution in [3.05, 3.63) is 77.6 Å². The molecule has 0 aliphatic heterocycles. The molecular formula is C23H19ClN2O5S. The van der Waals surface area contributed by atoms with Crippen molar-refractivity contribution in [1.29, 1.82) is 0 Å². The number of phenolic OH excluding ortho intramolecular Hbond substituents is 1. The number of aromatic hydroxyl groups is 1. The number of hydrogen-bond donors (Lipinski definition) is 2. The van der Waals surface area contributed by atoms with E-state index in [1.54, 1.807) is 12.1 Å². The highest BCUT2D eigenvalue weighted by Gasteiger charge is 2.25. The normalized spacial score (nSPS) is 11.3. The first-order valence-corrected chi connectivity index (χ1v) is 11.3. The van der Waals surface area contributed by atoms with Gasteiger partial charge in [0.05, 0.1) is 24.0 Å². The molecule has 1 aromatic heterocycles. The number of rotatable bonds is 6. The molecule has 0 atom stereocenters. The van der Waals surface area contributed by atoms with Gasteiger partial charge in [0.1, 0.15) is 16.9 Å². The monoisotopic (exact) mass is 470 g/mol. The van der Waals surface area contributed by atoms with Crippen LogP contribution in [0.4, 0.5) is 5.69 Å². The lowest BCUT2D eigenvalue weighted by molar-refractivity contribution is 0.417. The molecular weight excluding hydrogens is 452 g/mol. The van der Waals surface area contributed by atoms with Crippen LogP contribution in [-0.2, 0) is 10.0 Å². The molecule has 0 aliphatic rings. The molecule has 0 aliphatic carbocycles. The van der Waals surface area contributed by atoms with E-state index in [9.17, 15) is 13.5 Å². The number of oxazole rings is 1. The summed E-state index contributed by atoms with van der Waals surface area (Å²) in [7, 11) is -2.81. The Morgan fingerprint density at radius 1 is 1.06 bits per heavy atom. The van der Waals surface area contributed by atoms with Crippen LogP contribution >= 0.6 is 11.6 Å². The van der Waals surface area contributed by atoms with Crippen molar-refractivity contribution in [3.63, 3.8) is 0 Å². The molecule has 0 spiro atoms. The van der Waals surface area contributed by atoms with Crippen LogP contribution in [0.5, 0.6) is 11.5 Å². The van der Waals surface area contributed by atoms with Gasteiger partial charge in [-0.2, -0.15) is 0 Å². The van der Waals surface area contributed by atoms with E-state index in [1.165, 1.54) is 31.7 Å². The molecule has 164 valence electrons. The van der Waals surface area contributed by atoms with E-state index < -0.39 is 20.7 Å². The van der Waals surface area contributed by atoms with Crippen molar-refractivity contribution in [1.82, 2.24) is 4.98 Å². The third-order valence-corrected chi connectivity index (χ3v) is 6.46. The number of nitrogens with one attached hydrogen (secondary N) is 1. The number of halogens is 1. The molecule has 3 aromatic carbocycles. The first kappa shape index (κ1) is 21.7. The van der Waals surface area contributed by atoms with Gasteiger partial charge in [-0.3, -0.25) is 4.72 Å². The van der Waals surface area contributed by atoms with Crippen LogP contribution < -0.4 is 9.46 Å². The van der Waals surface area contributed by atoms with E-state index in [4.69, 9.17) is 20.8 Å². The number of aryl methyl sites for hydroxylation is 1. The Morgan fingerprint density at radius 3 is 2.53 bits per heavy atom. The first-order chi connectivity index (χ1) is 15.3. The van der Waals surface area contributed by atoms with Crippen molar-refractivity contribution in [3.8, 4) is 34.1 Å². The highest BCUT2D eigenvalue weighted by Crippen LogP contribution is 2.38. The summed E-state index contributed by atoms with van der Waals surface area (Å²) >= 11 is 6.09. The van der Waals surface area contributed by atoms with Gasteiger partial charge in [-0.25, -0.2) is 13.4 Å². The topological polar surface area (TPSA) is 102 Å².